The molecule has 0 aliphatic heterocycles. The van der Waals surface area contributed by atoms with Crippen molar-refractivity contribution in [3.05, 3.63) is 59.4 Å². The summed E-state index contributed by atoms with van der Waals surface area (Å²) >= 11 is 6.01. The van der Waals surface area contributed by atoms with Crippen LogP contribution in [0.15, 0.2) is 48.8 Å². The van der Waals surface area contributed by atoms with E-state index in [2.05, 4.69) is 28.5 Å². The number of anilines is 1. The number of nitrogens with one attached hydrogen (secondary N) is 1. The Labute approximate surface area is 112 Å². The summed E-state index contributed by atoms with van der Waals surface area (Å²) in [5.74, 6) is 0.637. The maximum absolute atomic E-state index is 6.01. The lowest BCUT2D eigenvalue weighted by Gasteiger charge is -2.36. The van der Waals surface area contributed by atoms with Gasteiger partial charge in [0.2, 0.25) is 0 Å². The van der Waals surface area contributed by atoms with Gasteiger partial charge in [0.25, 0.3) is 0 Å². The van der Waals surface area contributed by atoms with Gasteiger partial charge in [-0.05, 0) is 48.6 Å². The first-order chi connectivity index (χ1) is 8.81. The highest BCUT2D eigenvalue weighted by Crippen LogP contribution is 2.38. The highest BCUT2D eigenvalue weighted by atomic mass is 35.5. The van der Waals surface area contributed by atoms with Crippen molar-refractivity contribution < 1.29 is 0 Å². The summed E-state index contributed by atoms with van der Waals surface area (Å²) in [5, 5.41) is 4.33. The molecular weight excluding hydrogens is 244 g/mol. The summed E-state index contributed by atoms with van der Waals surface area (Å²) in [6, 6.07) is 12.8. The number of benzene rings is 1. The lowest BCUT2D eigenvalue weighted by molar-refractivity contribution is 0.374. The Morgan fingerprint density at radius 1 is 1.17 bits per heavy atom. The zero-order valence-electron chi connectivity index (χ0n) is 10.0. The molecule has 1 saturated carbocycles. The SMILES string of the molecule is Clc1cccc(C2CC(Nc3cccnc3)C2)c1. The third kappa shape index (κ3) is 2.49. The van der Waals surface area contributed by atoms with Crippen molar-refractivity contribution in [1.82, 2.24) is 4.98 Å². The van der Waals surface area contributed by atoms with Crippen LogP contribution < -0.4 is 5.32 Å². The quantitative estimate of drug-likeness (QED) is 0.897. The largest absolute Gasteiger partial charge is 0.381 e. The second kappa shape index (κ2) is 4.99. The molecular formula is C15H15ClN2. The molecule has 0 atom stereocenters. The molecule has 3 rings (SSSR count). The summed E-state index contributed by atoms with van der Waals surface area (Å²) < 4.78 is 0. The van der Waals surface area contributed by atoms with Crippen LogP contribution in [0.3, 0.4) is 0 Å². The molecule has 2 nitrogen and oxygen atoms in total. The van der Waals surface area contributed by atoms with E-state index < -0.39 is 0 Å². The fourth-order valence-corrected chi connectivity index (χ4v) is 2.65. The van der Waals surface area contributed by atoms with Crippen molar-refractivity contribution in [2.45, 2.75) is 24.8 Å². The standard InChI is InChI=1S/C15H15ClN2/c16-13-4-1-3-11(7-13)12-8-15(9-12)18-14-5-2-6-17-10-14/h1-7,10,12,15,18H,8-9H2. The number of aromatic nitrogens is 1. The van der Waals surface area contributed by atoms with Crippen molar-refractivity contribution >= 4 is 17.3 Å². The first-order valence-corrected chi connectivity index (χ1v) is 6.61. The molecule has 1 aromatic heterocycles. The summed E-state index contributed by atoms with van der Waals surface area (Å²) in [6.07, 6.45) is 5.98. The topological polar surface area (TPSA) is 24.9 Å². The molecule has 92 valence electrons. The van der Waals surface area contributed by atoms with Crippen LogP contribution in [0.25, 0.3) is 0 Å². The second-order valence-corrected chi connectivity index (χ2v) is 5.24. The van der Waals surface area contributed by atoms with E-state index in [9.17, 15) is 0 Å². The van der Waals surface area contributed by atoms with Crippen LogP contribution in [0.1, 0.15) is 24.3 Å². The fourth-order valence-electron chi connectivity index (χ4n) is 2.45. The molecule has 0 radical (unpaired) electrons. The van der Waals surface area contributed by atoms with E-state index in [1.54, 1.807) is 6.20 Å². The molecule has 1 heterocycles. The van der Waals surface area contributed by atoms with E-state index in [0.717, 1.165) is 23.6 Å². The van der Waals surface area contributed by atoms with Gasteiger partial charge in [0.1, 0.15) is 0 Å². The van der Waals surface area contributed by atoms with Gasteiger partial charge in [0, 0.05) is 23.5 Å². The zero-order valence-corrected chi connectivity index (χ0v) is 10.8. The number of halogens is 1. The second-order valence-electron chi connectivity index (χ2n) is 4.81. The lowest BCUT2D eigenvalue weighted by Crippen LogP contribution is -2.33. The number of nitrogens with zero attached hydrogens (tertiary/aromatic N) is 1. The summed E-state index contributed by atoms with van der Waals surface area (Å²) in [6.45, 7) is 0. The van der Waals surface area contributed by atoms with E-state index in [1.807, 2.05) is 24.4 Å². The molecule has 2 aromatic rings. The molecule has 1 N–H and O–H groups in total. The molecule has 1 fully saturated rings. The highest BCUT2D eigenvalue weighted by Gasteiger charge is 2.30. The van der Waals surface area contributed by atoms with Gasteiger partial charge in [-0.1, -0.05) is 23.7 Å². The third-order valence-electron chi connectivity index (χ3n) is 3.49. The predicted molar refractivity (Wildman–Crippen MR) is 75.1 cm³/mol. The van der Waals surface area contributed by atoms with Gasteiger partial charge in [-0.25, -0.2) is 0 Å². The number of hydrogen-bond donors (Lipinski definition) is 1. The maximum atomic E-state index is 6.01. The molecule has 0 spiro atoms. The molecule has 3 heteroatoms. The minimum absolute atomic E-state index is 0.554. The Balaban J connectivity index is 1.57. The summed E-state index contributed by atoms with van der Waals surface area (Å²) in [4.78, 5) is 4.10. The van der Waals surface area contributed by atoms with Crippen molar-refractivity contribution in [3.8, 4) is 0 Å². The minimum atomic E-state index is 0.554. The number of pyridine rings is 1. The van der Waals surface area contributed by atoms with Crippen LogP contribution in [0.4, 0.5) is 5.69 Å². The minimum Gasteiger partial charge on any atom is -0.381 e. The predicted octanol–water partition coefficient (Wildman–Crippen LogP) is 4.09. The van der Waals surface area contributed by atoms with Gasteiger partial charge in [0.05, 0.1) is 5.69 Å². The molecule has 0 bridgehead atoms. The first kappa shape index (κ1) is 11.5. The molecule has 0 saturated heterocycles. The van der Waals surface area contributed by atoms with Crippen LogP contribution in [0.2, 0.25) is 5.02 Å². The number of rotatable bonds is 3. The van der Waals surface area contributed by atoms with Gasteiger partial charge in [-0.15, -0.1) is 0 Å². The first-order valence-electron chi connectivity index (χ1n) is 6.23. The Morgan fingerprint density at radius 3 is 2.78 bits per heavy atom. The highest BCUT2D eigenvalue weighted by molar-refractivity contribution is 6.30. The molecule has 18 heavy (non-hydrogen) atoms. The van der Waals surface area contributed by atoms with Gasteiger partial charge >= 0.3 is 0 Å². The molecule has 0 amide bonds. The monoisotopic (exact) mass is 258 g/mol. The Hall–Kier alpha value is -1.54. The van der Waals surface area contributed by atoms with E-state index >= 15 is 0 Å². The van der Waals surface area contributed by atoms with E-state index in [1.165, 1.54) is 5.56 Å². The van der Waals surface area contributed by atoms with Crippen molar-refractivity contribution in [2.24, 2.45) is 0 Å². The van der Waals surface area contributed by atoms with E-state index in [4.69, 9.17) is 11.6 Å². The molecule has 1 aliphatic carbocycles. The average molecular weight is 259 g/mol. The lowest BCUT2D eigenvalue weighted by atomic mass is 9.76. The Kier molecular flexibility index (Phi) is 3.20. The van der Waals surface area contributed by atoms with E-state index in [0.29, 0.717) is 12.0 Å². The smallest absolute Gasteiger partial charge is 0.0528 e. The molecule has 1 aliphatic rings. The average Bonchev–Trinajstić information content (AvgIpc) is 2.34. The van der Waals surface area contributed by atoms with E-state index in [-0.39, 0.29) is 0 Å². The van der Waals surface area contributed by atoms with Gasteiger partial charge in [0.15, 0.2) is 0 Å². The molecule has 1 aromatic carbocycles. The number of hydrogen-bond acceptors (Lipinski definition) is 2. The van der Waals surface area contributed by atoms with Crippen LogP contribution in [-0.4, -0.2) is 11.0 Å². The third-order valence-corrected chi connectivity index (χ3v) is 3.73. The maximum Gasteiger partial charge on any atom is 0.0528 e. The van der Waals surface area contributed by atoms with Gasteiger partial charge in [-0.2, -0.15) is 0 Å². The van der Waals surface area contributed by atoms with Crippen LogP contribution in [-0.2, 0) is 0 Å². The Morgan fingerprint density at radius 2 is 2.06 bits per heavy atom. The van der Waals surface area contributed by atoms with Crippen LogP contribution in [0.5, 0.6) is 0 Å². The van der Waals surface area contributed by atoms with Gasteiger partial charge in [-0.3, -0.25) is 4.98 Å². The summed E-state index contributed by atoms with van der Waals surface area (Å²) in [5.41, 5.74) is 2.46. The summed E-state index contributed by atoms with van der Waals surface area (Å²) in [7, 11) is 0. The Bertz CT molecular complexity index is 521. The van der Waals surface area contributed by atoms with Crippen LogP contribution in [0, 0.1) is 0 Å². The van der Waals surface area contributed by atoms with Crippen LogP contribution >= 0.6 is 11.6 Å². The van der Waals surface area contributed by atoms with Crippen molar-refractivity contribution in [2.75, 3.05) is 5.32 Å². The normalized spacial score (nSPS) is 22.3. The molecule has 0 unspecified atom stereocenters. The fraction of sp³-hybridized carbons (Fsp3) is 0.267. The van der Waals surface area contributed by atoms with Gasteiger partial charge < -0.3 is 5.32 Å². The van der Waals surface area contributed by atoms with Crippen molar-refractivity contribution in [3.63, 3.8) is 0 Å². The van der Waals surface area contributed by atoms with Crippen molar-refractivity contribution in [1.29, 1.82) is 0 Å². The zero-order chi connectivity index (χ0) is 12.4.